The monoisotopic (exact) mass is 337 g/mol. The lowest BCUT2D eigenvalue weighted by molar-refractivity contribution is 0.0693. The fourth-order valence-electron chi connectivity index (χ4n) is 2.67. The molecule has 128 valence electrons. The third kappa shape index (κ3) is 3.19. The Morgan fingerprint density at radius 1 is 1.16 bits per heavy atom. The Bertz CT molecular complexity index is 940. The van der Waals surface area contributed by atoms with Crippen molar-refractivity contribution in [2.24, 2.45) is 0 Å². The second-order valence-corrected chi connectivity index (χ2v) is 5.80. The highest BCUT2D eigenvalue weighted by molar-refractivity contribution is 6.02. The van der Waals surface area contributed by atoms with Crippen LogP contribution in [-0.4, -0.2) is 42.5 Å². The van der Waals surface area contributed by atoms with Crippen LogP contribution in [0.15, 0.2) is 36.4 Å². The van der Waals surface area contributed by atoms with Crippen molar-refractivity contribution in [2.45, 2.75) is 0 Å². The van der Waals surface area contributed by atoms with E-state index in [4.69, 9.17) is 4.74 Å². The van der Waals surface area contributed by atoms with Crippen molar-refractivity contribution in [2.75, 3.05) is 26.1 Å². The molecule has 1 heterocycles. The number of benzene rings is 2. The number of H-pyrrole nitrogens is 1. The summed E-state index contributed by atoms with van der Waals surface area (Å²) >= 11 is 0. The van der Waals surface area contributed by atoms with Gasteiger partial charge in [0.25, 0.3) is 0 Å². The number of rotatable bonds is 5. The van der Waals surface area contributed by atoms with Crippen LogP contribution in [0.3, 0.4) is 0 Å². The van der Waals surface area contributed by atoms with E-state index in [1.165, 1.54) is 13.2 Å². The van der Waals surface area contributed by atoms with Gasteiger partial charge in [-0.25, -0.2) is 4.79 Å². The number of nitrogens with zero attached hydrogens (tertiary/aromatic N) is 2. The average Bonchev–Trinajstić information content (AvgIpc) is 3.02. The van der Waals surface area contributed by atoms with Crippen molar-refractivity contribution in [3.8, 4) is 5.75 Å². The van der Waals surface area contributed by atoms with E-state index in [0.29, 0.717) is 16.8 Å². The number of hydrogen-bond acceptors (Lipinski definition) is 4. The van der Waals surface area contributed by atoms with Gasteiger partial charge in [0, 0.05) is 19.8 Å². The number of anilines is 1. The second kappa shape index (κ2) is 6.68. The summed E-state index contributed by atoms with van der Waals surface area (Å²) in [6, 6.07) is 11.3. The van der Waals surface area contributed by atoms with E-state index in [1.807, 2.05) is 55.4 Å². The lowest BCUT2D eigenvalue weighted by Crippen LogP contribution is -2.07. The van der Waals surface area contributed by atoms with Crippen LogP contribution in [0.1, 0.15) is 21.6 Å². The molecule has 25 heavy (non-hydrogen) atoms. The predicted octanol–water partition coefficient (Wildman–Crippen LogP) is 3.51. The van der Waals surface area contributed by atoms with Gasteiger partial charge in [-0.15, -0.1) is 0 Å². The maximum absolute atomic E-state index is 11.4. The first-order chi connectivity index (χ1) is 12.0. The summed E-state index contributed by atoms with van der Waals surface area (Å²) in [4.78, 5) is 13.4. The predicted molar refractivity (Wildman–Crippen MR) is 99.3 cm³/mol. The van der Waals surface area contributed by atoms with Gasteiger partial charge in [-0.3, -0.25) is 5.10 Å². The second-order valence-electron chi connectivity index (χ2n) is 5.80. The van der Waals surface area contributed by atoms with E-state index >= 15 is 0 Å². The molecule has 6 nitrogen and oxygen atoms in total. The number of carbonyl (C=O) groups is 1. The summed E-state index contributed by atoms with van der Waals surface area (Å²) in [5.41, 5.74) is 3.61. The fraction of sp³-hybridized carbons (Fsp3) is 0.158. The SMILES string of the molecule is COc1c(C(=O)O)ccc2[nH]nc(C=Cc3ccc(N(C)C)cc3)c12. The van der Waals surface area contributed by atoms with Crippen LogP contribution in [-0.2, 0) is 0 Å². The van der Waals surface area contributed by atoms with Gasteiger partial charge in [-0.2, -0.15) is 5.10 Å². The molecular weight excluding hydrogens is 318 g/mol. The highest BCUT2D eigenvalue weighted by atomic mass is 16.5. The minimum absolute atomic E-state index is 0.112. The Morgan fingerprint density at radius 2 is 1.88 bits per heavy atom. The van der Waals surface area contributed by atoms with Crippen LogP contribution < -0.4 is 9.64 Å². The first kappa shape index (κ1) is 16.6. The van der Waals surface area contributed by atoms with E-state index in [-0.39, 0.29) is 5.56 Å². The van der Waals surface area contributed by atoms with Gasteiger partial charge >= 0.3 is 5.97 Å². The van der Waals surface area contributed by atoms with Crippen LogP contribution in [0.4, 0.5) is 5.69 Å². The summed E-state index contributed by atoms with van der Waals surface area (Å²) < 4.78 is 5.33. The van der Waals surface area contributed by atoms with Crippen LogP contribution in [0.25, 0.3) is 23.1 Å². The quantitative estimate of drug-likeness (QED) is 0.745. The van der Waals surface area contributed by atoms with Gasteiger partial charge in [0.1, 0.15) is 11.3 Å². The molecule has 0 aliphatic heterocycles. The van der Waals surface area contributed by atoms with Crippen LogP contribution in [0.5, 0.6) is 5.75 Å². The number of carboxylic acid groups (broad SMARTS) is 1. The number of fused-ring (bicyclic) bond motifs is 1. The molecular formula is C19H19N3O3. The number of ether oxygens (including phenoxy) is 1. The number of hydrogen-bond donors (Lipinski definition) is 2. The van der Waals surface area contributed by atoms with Crippen LogP contribution >= 0.6 is 0 Å². The smallest absolute Gasteiger partial charge is 0.339 e. The average molecular weight is 337 g/mol. The number of aromatic amines is 1. The minimum Gasteiger partial charge on any atom is -0.495 e. The zero-order chi connectivity index (χ0) is 18.0. The van der Waals surface area contributed by atoms with E-state index < -0.39 is 5.97 Å². The molecule has 3 rings (SSSR count). The first-order valence-corrected chi connectivity index (χ1v) is 7.75. The van der Waals surface area contributed by atoms with Crippen molar-refractivity contribution in [3.05, 3.63) is 53.2 Å². The van der Waals surface area contributed by atoms with E-state index in [1.54, 1.807) is 6.07 Å². The summed E-state index contributed by atoms with van der Waals surface area (Å²) in [6.45, 7) is 0. The topological polar surface area (TPSA) is 78.5 Å². The molecule has 1 aromatic heterocycles. The molecule has 0 unspecified atom stereocenters. The molecule has 0 radical (unpaired) electrons. The van der Waals surface area contributed by atoms with E-state index in [2.05, 4.69) is 10.2 Å². The Hall–Kier alpha value is -3.28. The molecule has 2 aromatic carbocycles. The highest BCUT2D eigenvalue weighted by Crippen LogP contribution is 2.32. The number of aromatic nitrogens is 2. The van der Waals surface area contributed by atoms with Gasteiger partial charge in [-0.1, -0.05) is 18.2 Å². The molecule has 0 atom stereocenters. The summed E-state index contributed by atoms with van der Waals surface area (Å²) in [6.07, 6.45) is 3.78. The van der Waals surface area contributed by atoms with Crippen molar-refractivity contribution in [3.63, 3.8) is 0 Å². The summed E-state index contributed by atoms with van der Waals surface area (Å²) in [5, 5.41) is 17.2. The van der Waals surface area contributed by atoms with E-state index in [9.17, 15) is 9.90 Å². The summed E-state index contributed by atoms with van der Waals surface area (Å²) in [5.74, 6) is -0.726. The van der Waals surface area contributed by atoms with Crippen molar-refractivity contribution in [1.82, 2.24) is 10.2 Å². The molecule has 0 aliphatic carbocycles. The third-order valence-corrected chi connectivity index (χ3v) is 3.99. The zero-order valence-corrected chi connectivity index (χ0v) is 14.3. The highest BCUT2D eigenvalue weighted by Gasteiger charge is 2.17. The van der Waals surface area contributed by atoms with E-state index in [0.717, 1.165) is 16.8 Å². The molecule has 3 aromatic rings. The molecule has 0 bridgehead atoms. The van der Waals surface area contributed by atoms with Gasteiger partial charge in [0.05, 0.1) is 23.7 Å². The Kier molecular flexibility index (Phi) is 4.43. The molecule has 0 saturated heterocycles. The molecule has 0 fully saturated rings. The lowest BCUT2D eigenvalue weighted by Gasteiger charge is -2.11. The van der Waals surface area contributed by atoms with Crippen LogP contribution in [0.2, 0.25) is 0 Å². The Morgan fingerprint density at radius 3 is 2.48 bits per heavy atom. The largest absolute Gasteiger partial charge is 0.495 e. The zero-order valence-electron chi connectivity index (χ0n) is 14.3. The maximum atomic E-state index is 11.4. The van der Waals surface area contributed by atoms with Crippen molar-refractivity contribution >= 4 is 34.7 Å². The molecule has 0 aliphatic rings. The van der Waals surface area contributed by atoms with Gasteiger partial charge < -0.3 is 14.7 Å². The fourth-order valence-corrected chi connectivity index (χ4v) is 2.67. The number of aromatic carboxylic acids is 1. The standard InChI is InChI=1S/C19H19N3O3/c1-22(2)13-7-4-12(5-8-13)6-10-15-17-16(21-20-15)11-9-14(19(23)24)18(17)25-3/h4-11H,1-3H3,(H,20,21)(H,23,24). The third-order valence-electron chi connectivity index (χ3n) is 3.99. The lowest BCUT2D eigenvalue weighted by atomic mass is 10.1. The van der Waals surface area contributed by atoms with Gasteiger partial charge in [0.15, 0.2) is 0 Å². The Balaban J connectivity index is 2.01. The molecule has 0 spiro atoms. The number of nitrogens with one attached hydrogen (secondary N) is 1. The molecule has 0 amide bonds. The maximum Gasteiger partial charge on any atom is 0.339 e. The Labute approximate surface area is 145 Å². The number of methoxy groups -OCH3 is 1. The van der Waals surface area contributed by atoms with Crippen molar-refractivity contribution in [1.29, 1.82) is 0 Å². The summed E-state index contributed by atoms with van der Waals surface area (Å²) in [7, 11) is 5.45. The normalized spacial score (nSPS) is 11.2. The number of carboxylic acids is 1. The minimum atomic E-state index is -1.03. The van der Waals surface area contributed by atoms with Gasteiger partial charge in [-0.05, 0) is 35.9 Å². The molecule has 2 N–H and O–H groups in total. The van der Waals surface area contributed by atoms with Gasteiger partial charge in [0.2, 0.25) is 0 Å². The molecule has 0 saturated carbocycles. The molecule has 6 heteroatoms. The van der Waals surface area contributed by atoms with Crippen molar-refractivity contribution < 1.29 is 14.6 Å². The van der Waals surface area contributed by atoms with Crippen LogP contribution in [0, 0.1) is 0 Å². The first-order valence-electron chi connectivity index (χ1n) is 7.75.